The molecule has 1 aliphatic rings. The zero-order valence-electron chi connectivity index (χ0n) is 16.4. The fourth-order valence-electron chi connectivity index (χ4n) is 3.18. The molecule has 0 radical (unpaired) electrons. The van der Waals surface area contributed by atoms with Crippen molar-refractivity contribution >= 4 is 49.7 Å². The van der Waals surface area contributed by atoms with Crippen LogP contribution in [0.3, 0.4) is 0 Å². The summed E-state index contributed by atoms with van der Waals surface area (Å²) in [6, 6.07) is 14.1. The van der Waals surface area contributed by atoms with Crippen LogP contribution in [0.15, 0.2) is 52.9 Å². The number of aromatic nitrogens is 2. The molecule has 0 saturated carbocycles. The zero-order chi connectivity index (χ0) is 21.8. The number of hydrogen-bond acceptors (Lipinski definition) is 7. The number of sulfonamides is 1. The van der Waals surface area contributed by atoms with Gasteiger partial charge < -0.3 is 4.90 Å². The number of anilines is 2. The third-order valence-electron chi connectivity index (χ3n) is 4.84. The highest BCUT2D eigenvalue weighted by molar-refractivity contribution is 7.91. The minimum Gasteiger partial charge on any atom is -0.372 e. The predicted octanol–water partition coefficient (Wildman–Crippen LogP) is 3.52. The van der Waals surface area contributed by atoms with Crippen LogP contribution in [0.2, 0.25) is 5.02 Å². The molecule has 1 saturated heterocycles. The molecule has 0 atom stereocenters. The van der Waals surface area contributed by atoms with Gasteiger partial charge in [0.25, 0.3) is 15.9 Å². The molecule has 0 unspecified atom stereocenters. The van der Waals surface area contributed by atoms with Crippen LogP contribution in [0, 0.1) is 0 Å². The summed E-state index contributed by atoms with van der Waals surface area (Å²) in [5.74, 6) is -0.428. The van der Waals surface area contributed by atoms with Crippen molar-refractivity contribution < 1.29 is 13.2 Å². The lowest BCUT2D eigenvalue weighted by Crippen LogP contribution is -2.23. The topological polar surface area (TPSA) is 104 Å². The van der Waals surface area contributed by atoms with Crippen molar-refractivity contribution in [1.82, 2.24) is 14.9 Å². The molecule has 1 aromatic heterocycles. The van der Waals surface area contributed by atoms with Crippen LogP contribution in [0.1, 0.15) is 28.8 Å². The van der Waals surface area contributed by atoms with Gasteiger partial charge in [0.15, 0.2) is 0 Å². The van der Waals surface area contributed by atoms with Crippen LogP contribution in [-0.2, 0) is 16.6 Å². The third kappa shape index (κ3) is 5.40. The molecule has 2 N–H and O–H groups in total. The lowest BCUT2D eigenvalue weighted by atomic mass is 10.2. The highest BCUT2D eigenvalue weighted by atomic mass is 35.5. The van der Waals surface area contributed by atoms with Gasteiger partial charge in [0.2, 0.25) is 9.47 Å². The van der Waals surface area contributed by atoms with E-state index < -0.39 is 15.9 Å². The normalized spacial score (nSPS) is 14.0. The summed E-state index contributed by atoms with van der Waals surface area (Å²) in [5.41, 5.74) is 2.36. The van der Waals surface area contributed by atoms with Crippen molar-refractivity contribution in [2.75, 3.05) is 23.3 Å². The first-order chi connectivity index (χ1) is 14.9. The lowest BCUT2D eigenvalue weighted by molar-refractivity contribution is 0.102. The highest BCUT2D eigenvalue weighted by Gasteiger charge is 2.21. The first-order valence-corrected chi connectivity index (χ1v) is 12.3. The SMILES string of the molecule is O=C(Nc1nnc(S(=O)(=O)NCc2ccc(N3CCCC3)cc2)s1)c1ccc(Cl)cc1. The number of nitrogens with zero attached hydrogens (tertiary/aromatic N) is 3. The first-order valence-electron chi connectivity index (χ1n) is 9.65. The Kier molecular flexibility index (Phi) is 6.51. The van der Waals surface area contributed by atoms with E-state index >= 15 is 0 Å². The van der Waals surface area contributed by atoms with Crippen molar-refractivity contribution in [3.05, 3.63) is 64.7 Å². The van der Waals surface area contributed by atoms with Gasteiger partial charge in [0.1, 0.15) is 0 Å². The molecule has 11 heteroatoms. The van der Waals surface area contributed by atoms with Crippen LogP contribution in [0.25, 0.3) is 0 Å². The molecule has 8 nitrogen and oxygen atoms in total. The number of nitrogens with one attached hydrogen (secondary N) is 2. The van der Waals surface area contributed by atoms with Crippen molar-refractivity contribution in [2.45, 2.75) is 23.7 Å². The van der Waals surface area contributed by atoms with Crippen LogP contribution >= 0.6 is 22.9 Å². The van der Waals surface area contributed by atoms with Gasteiger partial charge in [0, 0.05) is 35.9 Å². The number of carbonyl (C=O) groups is 1. The molecule has 2 aromatic carbocycles. The average Bonchev–Trinajstić information content (AvgIpc) is 3.46. The minimum atomic E-state index is -3.85. The predicted molar refractivity (Wildman–Crippen MR) is 121 cm³/mol. The van der Waals surface area contributed by atoms with E-state index in [4.69, 9.17) is 11.6 Å². The standard InChI is InChI=1S/C20H20ClN5O3S2/c21-16-7-5-15(6-8-16)18(27)23-19-24-25-20(30-19)31(28,29)22-13-14-3-9-17(10-4-14)26-11-1-2-12-26/h3-10,22H,1-2,11-13H2,(H,23,24,27). The molecule has 1 amide bonds. The van der Waals surface area contributed by atoms with Gasteiger partial charge in [-0.05, 0) is 54.8 Å². The Morgan fingerprint density at radius 2 is 1.71 bits per heavy atom. The van der Waals surface area contributed by atoms with Gasteiger partial charge >= 0.3 is 0 Å². The number of halogens is 1. The summed E-state index contributed by atoms with van der Waals surface area (Å²) in [7, 11) is -3.85. The summed E-state index contributed by atoms with van der Waals surface area (Å²) >= 11 is 6.60. The van der Waals surface area contributed by atoms with Crippen LogP contribution < -0.4 is 14.9 Å². The van der Waals surface area contributed by atoms with E-state index in [-0.39, 0.29) is 16.0 Å². The third-order valence-corrected chi connectivity index (χ3v) is 7.70. The Labute approximate surface area is 189 Å². The second-order valence-electron chi connectivity index (χ2n) is 7.02. The van der Waals surface area contributed by atoms with Crippen LogP contribution in [-0.4, -0.2) is 37.6 Å². The molecule has 4 rings (SSSR count). The second kappa shape index (κ2) is 9.31. The van der Waals surface area contributed by atoms with Crippen molar-refractivity contribution in [3.8, 4) is 0 Å². The van der Waals surface area contributed by atoms with Crippen molar-refractivity contribution in [2.24, 2.45) is 0 Å². The number of benzene rings is 2. The van der Waals surface area contributed by atoms with E-state index in [1.807, 2.05) is 24.3 Å². The van der Waals surface area contributed by atoms with Crippen molar-refractivity contribution in [1.29, 1.82) is 0 Å². The van der Waals surface area contributed by atoms with E-state index in [0.717, 1.165) is 35.7 Å². The molecular weight excluding hydrogens is 458 g/mol. The molecule has 31 heavy (non-hydrogen) atoms. The Bertz CT molecular complexity index is 1160. The molecule has 3 aromatic rings. The molecule has 0 bridgehead atoms. The quantitative estimate of drug-likeness (QED) is 0.504. The summed E-state index contributed by atoms with van der Waals surface area (Å²) in [4.78, 5) is 14.5. The van der Waals surface area contributed by atoms with Gasteiger partial charge in [-0.2, -0.15) is 0 Å². The summed E-state index contributed by atoms with van der Waals surface area (Å²) in [6.45, 7) is 2.24. The fourth-order valence-corrected chi connectivity index (χ4v) is 5.26. The maximum absolute atomic E-state index is 12.5. The van der Waals surface area contributed by atoms with Crippen LogP contribution in [0.4, 0.5) is 10.8 Å². The summed E-state index contributed by atoms with van der Waals surface area (Å²) in [5, 5.41) is 10.6. The van der Waals surface area contributed by atoms with E-state index in [2.05, 4.69) is 25.1 Å². The lowest BCUT2D eigenvalue weighted by Gasteiger charge is -2.17. The average molecular weight is 478 g/mol. The maximum Gasteiger partial charge on any atom is 0.270 e. The Hall–Kier alpha value is -2.53. The van der Waals surface area contributed by atoms with Crippen LogP contribution in [0.5, 0.6) is 0 Å². The highest BCUT2D eigenvalue weighted by Crippen LogP contribution is 2.22. The Balaban J connectivity index is 1.36. The van der Waals surface area contributed by atoms with E-state index in [0.29, 0.717) is 10.6 Å². The minimum absolute atomic E-state index is 0.0929. The molecule has 0 aliphatic carbocycles. The van der Waals surface area contributed by atoms with Gasteiger partial charge in [-0.15, -0.1) is 10.2 Å². The smallest absolute Gasteiger partial charge is 0.270 e. The summed E-state index contributed by atoms with van der Waals surface area (Å²) in [6.07, 6.45) is 2.40. The number of amides is 1. The molecular formula is C20H20ClN5O3S2. The van der Waals surface area contributed by atoms with Gasteiger partial charge in [-0.25, -0.2) is 13.1 Å². The van der Waals surface area contributed by atoms with E-state index in [9.17, 15) is 13.2 Å². The Morgan fingerprint density at radius 1 is 1.03 bits per heavy atom. The first kappa shape index (κ1) is 21.7. The number of rotatable bonds is 7. The molecule has 162 valence electrons. The zero-order valence-corrected chi connectivity index (χ0v) is 18.8. The van der Waals surface area contributed by atoms with E-state index in [1.165, 1.54) is 12.8 Å². The number of carbonyl (C=O) groups excluding carboxylic acids is 1. The fraction of sp³-hybridized carbons (Fsp3) is 0.250. The van der Waals surface area contributed by atoms with Gasteiger partial charge in [0.05, 0.1) is 0 Å². The molecule has 2 heterocycles. The largest absolute Gasteiger partial charge is 0.372 e. The monoisotopic (exact) mass is 477 g/mol. The number of hydrogen-bond donors (Lipinski definition) is 2. The van der Waals surface area contributed by atoms with Gasteiger partial charge in [-0.3, -0.25) is 10.1 Å². The second-order valence-corrected chi connectivity index (χ2v) is 10.4. The molecule has 1 aliphatic heterocycles. The van der Waals surface area contributed by atoms with Crippen molar-refractivity contribution in [3.63, 3.8) is 0 Å². The van der Waals surface area contributed by atoms with Gasteiger partial charge in [-0.1, -0.05) is 35.1 Å². The molecule has 0 spiro atoms. The van der Waals surface area contributed by atoms with E-state index in [1.54, 1.807) is 24.3 Å². The maximum atomic E-state index is 12.5. The molecule has 1 fully saturated rings. The summed E-state index contributed by atoms with van der Waals surface area (Å²) < 4.78 is 27.4. The Morgan fingerprint density at radius 3 is 2.39 bits per heavy atom.